The van der Waals surface area contributed by atoms with Gasteiger partial charge in [-0.1, -0.05) is 0 Å². The first-order chi connectivity index (χ1) is 4.85. The van der Waals surface area contributed by atoms with Gasteiger partial charge in [0.15, 0.2) is 0 Å². The van der Waals surface area contributed by atoms with Crippen molar-refractivity contribution in [1.82, 2.24) is 0 Å². The van der Waals surface area contributed by atoms with Gasteiger partial charge in [-0.15, -0.1) is 0 Å². The zero-order valence-electron chi connectivity index (χ0n) is 5.82. The summed E-state index contributed by atoms with van der Waals surface area (Å²) in [6.07, 6.45) is 0. The maximum absolute atomic E-state index is 8.23. The molecule has 5 nitrogen and oxygen atoms in total. The van der Waals surface area contributed by atoms with Crippen LogP contribution in [0, 0.1) is 0 Å². The molecule has 60 valence electrons. The molecule has 2 N–H and O–H groups in total. The Morgan fingerprint density at radius 1 is 1.10 bits per heavy atom. The summed E-state index contributed by atoms with van der Waals surface area (Å²) in [7, 11) is -0.972. The van der Waals surface area contributed by atoms with E-state index in [1.54, 1.807) is 6.92 Å². The van der Waals surface area contributed by atoms with E-state index >= 15 is 0 Å². The molecule has 0 aliphatic heterocycles. The molecule has 0 radical (unpaired) electrons. The van der Waals surface area contributed by atoms with Gasteiger partial charge >= 0.3 is 7.32 Å². The number of aliphatic hydroxyl groups excluding tert-OH is 2. The highest BCUT2D eigenvalue weighted by Gasteiger charge is 2.18. The summed E-state index contributed by atoms with van der Waals surface area (Å²) in [5.41, 5.74) is 0. The molecular formula is C4H11BO5. The molecule has 0 saturated heterocycles. The molecule has 0 fully saturated rings. The van der Waals surface area contributed by atoms with Gasteiger partial charge in [0.1, 0.15) is 13.6 Å². The van der Waals surface area contributed by atoms with Crippen LogP contribution in [0.4, 0.5) is 0 Å². The fourth-order valence-electron chi connectivity index (χ4n) is 0.402. The van der Waals surface area contributed by atoms with Crippen molar-refractivity contribution < 1.29 is 24.2 Å². The van der Waals surface area contributed by atoms with Crippen LogP contribution in [0.25, 0.3) is 0 Å². The predicted octanol–water partition coefficient (Wildman–Crippen LogP) is -1.06. The molecule has 0 spiro atoms. The first-order valence-electron chi connectivity index (χ1n) is 2.91. The van der Waals surface area contributed by atoms with Gasteiger partial charge < -0.3 is 24.2 Å². The predicted molar refractivity (Wildman–Crippen MR) is 33.7 cm³/mol. The number of rotatable bonds is 6. The fraction of sp³-hybridized carbons (Fsp3) is 1.00. The van der Waals surface area contributed by atoms with Crippen molar-refractivity contribution in [3.63, 3.8) is 0 Å². The van der Waals surface area contributed by atoms with E-state index < -0.39 is 20.9 Å². The van der Waals surface area contributed by atoms with Gasteiger partial charge in [0, 0.05) is 6.61 Å². The molecule has 0 aromatic rings. The van der Waals surface area contributed by atoms with Crippen LogP contribution in [0.5, 0.6) is 0 Å². The molecule has 0 amide bonds. The molecule has 0 atom stereocenters. The molecular weight excluding hydrogens is 139 g/mol. The van der Waals surface area contributed by atoms with E-state index in [-0.39, 0.29) is 0 Å². The Kier molecular flexibility index (Phi) is 6.88. The lowest BCUT2D eigenvalue weighted by atomic mass is 10.2. The first-order valence-corrected chi connectivity index (χ1v) is 2.91. The molecule has 0 aromatic carbocycles. The van der Waals surface area contributed by atoms with Crippen LogP contribution in [0.2, 0.25) is 0 Å². The standard InChI is InChI=1S/C4H11BO5/c1-2-8-5(9-3-6)10-4-7/h6-7H,2-4H2,1H3. The molecule has 0 heterocycles. The second-order valence-electron chi connectivity index (χ2n) is 1.34. The zero-order chi connectivity index (χ0) is 7.82. The fourth-order valence-corrected chi connectivity index (χ4v) is 0.402. The van der Waals surface area contributed by atoms with Crippen molar-refractivity contribution in [1.29, 1.82) is 0 Å². The Hall–Kier alpha value is -0.135. The molecule has 0 saturated carbocycles. The second-order valence-corrected chi connectivity index (χ2v) is 1.34. The summed E-state index contributed by atoms with van der Waals surface area (Å²) in [6.45, 7) is 1.15. The highest BCUT2D eigenvalue weighted by atomic mass is 16.8. The summed E-state index contributed by atoms with van der Waals surface area (Å²) in [4.78, 5) is 0. The highest BCUT2D eigenvalue weighted by molar-refractivity contribution is 6.36. The summed E-state index contributed by atoms with van der Waals surface area (Å²) in [5, 5.41) is 16.5. The maximum atomic E-state index is 8.23. The normalized spacial score (nSPS) is 9.90. The summed E-state index contributed by atoms with van der Waals surface area (Å²) in [5.74, 6) is 0. The minimum Gasteiger partial charge on any atom is -0.386 e. The Morgan fingerprint density at radius 2 is 1.60 bits per heavy atom. The van der Waals surface area contributed by atoms with E-state index in [9.17, 15) is 0 Å². The van der Waals surface area contributed by atoms with Crippen LogP contribution in [0.15, 0.2) is 0 Å². The minimum absolute atomic E-state index is 0.394. The molecule has 0 aliphatic carbocycles. The van der Waals surface area contributed by atoms with Crippen LogP contribution in [0.1, 0.15) is 6.92 Å². The van der Waals surface area contributed by atoms with Gasteiger partial charge in [-0.3, -0.25) is 0 Å². The van der Waals surface area contributed by atoms with Crippen LogP contribution in [-0.2, 0) is 14.0 Å². The van der Waals surface area contributed by atoms with E-state index in [0.717, 1.165) is 0 Å². The van der Waals surface area contributed by atoms with Gasteiger partial charge in [0.2, 0.25) is 0 Å². The average Bonchev–Trinajstić information content (AvgIpc) is 1.90. The number of hydrogen-bond acceptors (Lipinski definition) is 5. The third-order valence-electron chi connectivity index (χ3n) is 0.724. The second kappa shape index (κ2) is 6.98. The Labute approximate surface area is 59.7 Å². The van der Waals surface area contributed by atoms with Crippen molar-refractivity contribution in [2.75, 3.05) is 20.2 Å². The molecule has 6 heteroatoms. The lowest BCUT2D eigenvalue weighted by Crippen LogP contribution is -2.28. The van der Waals surface area contributed by atoms with Crippen LogP contribution >= 0.6 is 0 Å². The lowest BCUT2D eigenvalue weighted by Gasteiger charge is -2.08. The van der Waals surface area contributed by atoms with Crippen LogP contribution < -0.4 is 0 Å². The third-order valence-corrected chi connectivity index (χ3v) is 0.724. The summed E-state index contributed by atoms with van der Waals surface area (Å²) >= 11 is 0. The van der Waals surface area contributed by atoms with Gasteiger partial charge in [-0.2, -0.15) is 0 Å². The van der Waals surface area contributed by atoms with E-state index in [2.05, 4.69) is 9.31 Å². The Balaban J connectivity index is 3.30. The van der Waals surface area contributed by atoms with Crippen LogP contribution in [-0.4, -0.2) is 37.7 Å². The molecule has 0 aromatic heterocycles. The number of hydrogen-bond donors (Lipinski definition) is 2. The maximum Gasteiger partial charge on any atom is 0.642 e. The highest BCUT2D eigenvalue weighted by Crippen LogP contribution is 1.89. The van der Waals surface area contributed by atoms with Crippen molar-refractivity contribution in [3.8, 4) is 0 Å². The number of aliphatic hydroxyl groups is 2. The van der Waals surface area contributed by atoms with Gasteiger partial charge in [0.25, 0.3) is 0 Å². The van der Waals surface area contributed by atoms with E-state index in [1.165, 1.54) is 0 Å². The quantitative estimate of drug-likeness (QED) is 0.373. The third kappa shape index (κ3) is 4.72. The Morgan fingerprint density at radius 3 is 1.90 bits per heavy atom. The van der Waals surface area contributed by atoms with Crippen molar-refractivity contribution >= 4 is 7.32 Å². The van der Waals surface area contributed by atoms with E-state index in [0.29, 0.717) is 6.61 Å². The molecule has 0 unspecified atom stereocenters. The van der Waals surface area contributed by atoms with Gasteiger partial charge in [-0.05, 0) is 6.92 Å². The molecule has 0 bridgehead atoms. The zero-order valence-corrected chi connectivity index (χ0v) is 5.82. The largest absolute Gasteiger partial charge is 0.642 e. The van der Waals surface area contributed by atoms with Crippen molar-refractivity contribution in [3.05, 3.63) is 0 Å². The smallest absolute Gasteiger partial charge is 0.386 e. The topological polar surface area (TPSA) is 68.2 Å². The molecule has 10 heavy (non-hydrogen) atoms. The average molecular weight is 150 g/mol. The molecule has 0 rings (SSSR count). The van der Waals surface area contributed by atoms with Gasteiger partial charge in [0.05, 0.1) is 0 Å². The first kappa shape index (κ1) is 9.86. The van der Waals surface area contributed by atoms with E-state index in [1.807, 2.05) is 0 Å². The van der Waals surface area contributed by atoms with Crippen LogP contribution in [0.3, 0.4) is 0 Å². The molecule has 0 aliphatic rings. The minimum atomic E-state index is -0.972. The summed E-state index contributed by atoms with van der Waals surface area (Å²) < 4.78 is 13.7. The lowest BCUT2D eigenvalue weighted by molar-refractivity contribution is -0.0135. The van der Waals surface area contributed by atoms with Gasteiger partial charge in [-0.25, -0.2) is 0 Å². The SMILES string of the molecule is CCOB(OCO)OCO. The van der Waals surface area contributed by atoms with Crippen molar-refractivity contribution in [2.24, 2.45) is 0 Å². The van der Waals surface area contributed by atoms with E-state index in [4.69, 9.17) is 14.9 Å². The summed E-state index contributed by atoms with van der Waals surface area (Å²) in [6, 6.07) is 0. The Bertz CT molecular complexity index is 56.4. The monoisotopic (exact) mass is 150 g/mol. The van der Waals surface area contributed by atoms with Crippen molar-refractivity contribution in [2.45, 2.75) is 6.92 Å².